The highest BCUT2D eigenvalue weighted by atomic mass is 79.9. The van der Waals surface area contributed by atoms with E-state index in [9.17, 15) is 4.79 Å². The largest absolute Gasteiger partial charge is 0.468 e. The van der Waals surface area contributed by atoms with Gasteiger partial charge in [0.15, 0.2) is 0 Å². The molecule has 0 saturated heterocycles. The zero-order valence-electron chi connectivity index (χ0n) is 8.91. The van der Waals surface area contributed by atoms with Gasteiger partial charge in [-0.3, -0.25) is 10.1 Å². The number of carbonyl (C=O) groups is 1. The summed E-state index contributed by atoms with van der Waals surface area (Å²) in [6, 6.07) is 1.84. The van der Waals surface area contributed by atoms with Gasteiger partial charge in [0.2, 0.25) is 0 Å². The smallest absolute Gasteiger partial charge is 0.322 e. The van der Waals surface area contributed by atoms with E-state index in [1.807, 2.05) is 18.4 Å². The van der Waals surface area contributed by atoms with Crippen LogP contribution in [0.2, 0.25) is 0 Å². The van der Waals surface area contributed by atoms with Crippen molar-refractivity contribution in [2.45, 2.75) is 25.9 Å². The third kappa shape index (κ3) is 3.29. The Morgan fingerprint density at radius 1 is 1.60 bits per heavy atom. The minimum atomic E-state index is -0.293. The Kier molecular flexibility index (Phi) is 4.76. The standard InChI is InChI=1S/C10H14BrNO2S/c1-6(9-8(11)4-5-15-9)12-7(2)10(13)14-3/h4-7,12H,1-3H3/t6?,7-/m0/s1. The molecule has 15 heavy (non-hydrogen) atoms. The molecule has 0 bridgehead atoms. The Morgan fingerprint density at radius 2 is 2.27 bits per heavy atom. The molecule has 84 valence electrons. The molecular weight excluding hydrogens is 278 g/mol. The van der Waals surface area contributed by atoms with Gasteiger partial charge in [-0.15, -0.1) is 11.3 Å². The summed E-state index contributed by atoms with van der Waals surface area (Å²) in [6.07, 6.45) is 0. The first kappa shape index (κ1) is 12.7. The minimum absolute atomic E-state index is 0.133. The van der Waals surface area contributed by atoms with E-state index in [1.54, 1.807) is 18.3 Å². The van der Waals surface area contributed by atoms with Crippen molar-refractivity contribution in [1.29, 1.82) is 0 Å². The van der Waals surface area contributed by atoms with Gasteiger partial charge in [-0.2, -0.15) is 0 Å². The molecule has 0 saturated carbocycles. The van der Waals surface area contributed by atoms with E-state index in [0.29, 0.717) is 0 Å². The lowest BCUT2D eigenvalue weighted by Crippen LogP contribution is -2.36. The number of methoxy groups -OCH3 is 1. The maximum absolute atomic E-state index is 11.2. The second-order valence-electron chi connectivity index (χ2n) is 3.27. The second-order valence-corrected chi connectivity index (χ2v) is 5.07. The van der Waals surface area contributed by atoms with Crippen molar-refractivity contribution < 1.29 is 9.53 Å². The Morgan fingerprint density at radius 3 is 2.73 bits per heavy atom. The van der Waals surface area contributed by atoms with Crippen LogP contribution in [0.4, 0.5) is 0 Å². The van der Waals surface area contributed by atoms with E-state index < -0.39 is 0 Å². The molecule has 0 radical (unpaired) electrons. The summed E-state index contributed by atoms with van der Waals surface area (Å²) in [4.78, 5) is 12.4. The number of thiophene rings is 1. The van der Waals surface area contributed by atoms with Crippen LogP contribution in [0.15, 0.2) is 15.9 Å². The molecule has 2 atom stereocenters. The molecule has 0 aliphatic carbocycles. The van der Waals surface area contributed by atoms with Crippen LogP contribution in [-0.4, -0.2) is 19.1 Å². The first-order valence-corrected chi connectivity index (χ1v) is 6.30. The highest BCUT2D eigenvalue weighted by Crippen LogP contribution is 2.28. The lowest BCUT2D eigenvalue weighted by Gasteiger charge is -2.17. The van der Waals surface area contributed by atoms with Crippen LogP contribution in [0.25, 0.3) is 0 Å². The summed E-state index contributed by atoms with van der Waals surface area (Å²) in [5.74, 6) is -0.241. The summed E-state index contributed by atoms with van der Waals surface area (Å²) in [5, 5.41) is 5.19. The molecule has 0 aliphatic heterocycles. The van der Waals surface area contributed by atoms with Crippen molar-refractivity contribution in [2.75, 3.05) is 7.11 Å². The third-order valence-corrected chi connectivity index (χ3v) is 4.15. The van der Waals surface area contributed by atoms with E-state index in [0.717, 1.165) is 4.47 Å². The number of nitrogens with one attached hydrogen (secondary N) is 1. The van der Waals surface area contributed by atoms with Crippen LogP contribution >= 0.6 is 27.3 Å². The molecule has 1 N–H and O–H groups in total. The van der Waals surface area contributed by atoms with Crippen LogP contribution in [-0.2, 0) is 9.53 Å². The van der Waals surface area contributed by atoms with Crippen molar-refractivity contribution in [3.8, 4) is 0 Å². The maximum Gasteiger partial charge on any atom is 0.322 e. The molecule has 1 heterocycles. The van der Waals surface area contributed by atoms with Gasteiger partial charge in [0.25, 0.3) is 0 Å². The van der Waals surface area contributed by atoms with Crippen molar-refractivity contribution >= 4 is 33.2 Å². The van der Waals surface area contributed by atoms with Gasteiger partial charge >= 0.3 is 5.97 Å². The van der Waals surface area contributed by atoms with Crippen molar-refractivity contribution in [1.82, 2.24) is 5.32 Å². The lowest BCUT2D eigenvalue weighted by molar-refractivity contribution is -0.142. The van der Waals surface area contributed by atoms with Crippen LogP contribution in [0, 0.1) is 0 Å². The van der Waals surface area contributed by atoms with Gasteiger partial charge < -0.3 is 4.74 Å². The van der Waals surface area contributed by atoms with Gasteiger partial charge in [0.05, 0.1) is 7.11 Å². The molecule has 0 amide bonds. The SMILES string of the molecule is COC(=O)[C@H](C)NC(C)c1sccc1Br. The first-order valence-electron chi connectivity index (χ1n) is 4.63. The molecule has 1 rings (SSSR count). The predicted octanol–water partition coefficient (Wildman–Crippen LogP) is 2.72. The highest BCUT2D eigenvalue weighted by molar-refractivity contribution is 9.10. The van der Waals surface area contributed by atoms with Gasteiger partial charge in [0.1, 0.15) is 6.04 Å². The summed E-state index contributed by atoms with van der Waals surface area (Å²) < 4.78 is 5.72. The highest BCUT2D eigenvalue weighted by Gasteiger charge is 2.18. The first-order chi connectivity index (χ1) is 7.06. The Balaban J connectivity index is 2.60. The third-order valence-electron chi connectivity index (χ3n) is 2.09. The Labute approximate surface area is 102 Å². The van der Waals surface area contributed by atoms with Crippen LogP contribution in [0.3, 0.4) is 0 Å². The zero-order valence-corrected chi connectivity index (χ0v) is 11.3. The van der Waals surface area contributed by atoms with Crippen molar-refractivity contribution in [3.63, 3.8) is 0 Å². The maximum atomic E-state index is 11.2. The summed E-state index contributed by atoms with van der Waals surface area (Å²) in [7, 11) is 1.40. The fourth-order valence-corrected chi connectivity index (χ4v) is 3.04. The van der Waals surface area contributed by atoms with E-state index in [1.165, 1.54) is 12.0 Å². The molecular formula is C10H14BrNO2S. The summed E-state index contributed by atoms with van der Waals surface area (Å²) in [5.41, 5.74) is 0. The number of rotatable bonds is 4. The number of halogens is 1. The van der Waals surface area contributed by atoms with Crippen LogP contribution < -0.4 is 5.32 Å². The van der Waals surface area contributed by atoms with E-state index in [4.69, 9.17) is 0 Å². The fourth-order valence-electron chi connectivity index (χ4n) is 1.31. The molecule has 0 aromatic carbocycles. The van der Waals surface area contributed by atoms with E-state index in [-0.39, 0.29) is 18.1 Å². The van der Waals surface area contributed by atoms with Gasteiger partial charge in [0, 0.05) is 15.4 Å². The Hall–Kier alpha value is -0.390. The molecule has 5 heteroatoms. The monoisotopic (exact) mass is 291 g/mol. The molecule has 3 nitrogen and oxygen atoms in total. The van der Waals surface area contributed by atoms with Crippen LogP contribution in [0.5, 0.6) is 0 Å². The van der Waals surface area contributed by atoms with E-state index >= 15 is 0 Å². The molecule has 1 aromatic heterocycles. The van der Waals surface area contributed by atoms with Gasteiger partial charge in [-0.25, -0.2) is 0 Å². The van der Waals surface area contributed by atoms with E-state index in [2.05, 4.69) is 26.0 Å². The number of carbonyl (C=O) groups excluding carboxylic acids is 1. The van der Waals surface area contributed by atoms with Gasteiger partial charge in [-0.1, -0.05) is 0 Å². The number of ether oxygens (including phenoxy) is 1. The topological polar surface area (TPSA) is 38.3 Å². The minimum Gasteiger partial charge on any atom is -0.468 e. The molecule has 1 aromatic rings. The van der Waals surface area contributed by atoms with Gasteiger partial charge in [-0.05, 0) is 41.2 Å². The fraction of sp³-hybridized carbons (Fsp3) is 0.500. The summed E-state index contributed by atoms with van der Waals surface area (Å²) in [6.45, 7) is 3.82. The average molecular weight is 292 g/mol. The zero-order chi connectivity index (χ0) is 11.4. The number of hydrogen-bond donors (Lipinski definition) is 1. The van der Waals surface area contributed by atoms with Crippen molar-refractivity contribution in [3.05, 3.63) is 20.8 Å². The molecule has 1 unspecified atom stereocenters. The number of esters is 1. The number of hydrogen-bond acceptors (Lipinski definition) is 4. The summed E-state index contributed by atoms with van der Waals surface area (Å²) >= 11 is 5.12. The Bertz CT molecular complexity index is 340. The predicted molar refractivity (Wildman–Crippen MR) is 65.0 cm³/mol. The average Bonchev–Trinajstić information content (AvgIpc) is 2.63. The molecule has 0 fully saturated rings. The van der Waals surface area contributed by atoms with Crippen LogP contribution in [0.1, 0.15) is 24.8 Å². The van der Waals surface area contributed by atoms with Crippen molar-refractivity contribution in [2.24, 2.45) is 0 Å². The molecule has 0 aliphatic rings. The normalized spacial score (nSPS) is 14.7. The second kappa shape index (κ2) is 5.63. The quantitative estimate of drug-likeness (QED) is 0.867. The molecule has 0 spiro atoms. The lowest BCUT2D eigenvalue weighted by atomic mass is 10.2.